The molecule has 2 aromatic rings. The van der Waals surface area contributed by atoms with Crippen molar-refractivity contribution in [2.75, 3.05) is 13.2 Å². The first-order valence-electron chi connectivity index (χ1n) is 9.42. The number of amides is 1. The number of ether oxygens (including phenoxy) is 2. The highest BCUT2D eigenvalue weighted by Gasteiger charge is 2.18. The van der Waals surface area contributed by atoms with Gasteiger partial charge in [-0.15, -0.1) is 0 Å². The summed E-state index contributed by atoms with van der Waals surface area (Å²) < 4.78 is 13.1. The van der Waals surface area contributed by atoms with Crippen molar-refractivity contribution in [2.24, 2.45) is 5.10 Å². The molecule has 1 aromatic heterocycles. The normalized spacial score (nSPS) is 16.3. The molecular weight excluding hydrogens is 376 g/mol. The number of nitro groups is 1. The molecular formula is C20H24N4O5. The van der Waals surface area contributed by atoms with Crippen molar-refractivity contribution in [3.63, 3.8) is 0 Å². The van der Waals surface area contributed by atoms with Gasteiger partial charge in [0.05, 0.1) is 17.2 Å². The summed E-state index contributed by atoms with van der Waals surface area (Å²) in [6.45, 7) is 5.28. The Labute approximate surface area is 168 Å². The molecule has 1 saturated heterocycles. The molecule has 1 amide bonds. The molecule has 9 heteroatoms. The van der Waals surface area contributed by atoms with E-state index in [0.717, 1.165) is 42.9 Å². The first-order valence-corrected chi connectivity index (χ1v) is 9.42. The van der Waals surface area contributed by atoms with Crippen LogP contribution in [0.1, 0.15) is 29.8 Å². The summed E-state index contributed by atoms with van der Waals surface area (Å²) in [5, 5.41) is 14.9. The maximum atomic E-state index is 11.9. The fraction of sp³-hybridized carbons (Fsp3) is 0.400. The van der Waals surface area contributed by atoms with E-state index in [9.17, 15) is 14.9 Å². The first kappa shape index (κ1) is 20.5. The highest BCUT2D eigenvalue weighted by atomic mass is 16.6. The molecule has 2 heterocycles. The van der Waals surface area contributed by atoms with E-state index in [1.54, 1.807) is 12.3 Å². The summed E-state index contributed by atoms with van der Waals surface area (Å²) >= 11 is 0. The van der Waals surface area contributed by atoms with Crippen molar-refractivity contribution >= 4 is 17.8 Å². The number of carbonyl (C=O) groups excluding carboxylic acids is 1. The Kier molecular flexibility index (Phi) is 6.61. The quantitative estimate of drug-likeness (QED) is 0.416. The van der Waals surface area contributed by atoms with Crippen LogP contribution < -0.4 is 10.2 Å². The van der Waals surface area contributed by atoms with Crippen LogP contribution in [0, 0.1) is 24.0 Å². The minimum atomic E-state index is -0.558. The fourth-order valence-electron chi connectivity index (χ4n) is 3.31. The molecule has 1 aromatic carbocycles. The number of rotatable bonds is 8. The number of hydrogen-bond acceptors (Lipinski definition) is 6. The molecule has 1 fully saturated rings. The number of hydrazone groups is 1. The van der Waals surface area contributed by atoms with Crippen LogP contribution in [0.2, 0.25) is 0 Å². The third kappa shape index (κ3) is 5.20. The molecule has 1 aliphatic heterocycles. The number of nitrogens with zero attached hydrogens (tertiary/aromatic N) is 3. The Hall–Kier alpha value is -3.20. The van der Waals surface area contributed by atoms with Crippen LogP contribution >= 0.6 is 0 Å². The molecule has 0 radical (unpaired) electrons. The third-order valence-electron chi connectivity index (χ3n) is 4.84. The number of para-hydroxylation sites is 2. The van der Waals surface area contributed by atoms with Crippen LogP contribution in [0.3, 0.4) is 0 Å². The van der Waals surface area contributed by atoms with E-state index in [-0.39, 0.29) is 24.1 Å². The first-order chi connectivity index (χ1) is 14.0. The van der Waals surface area contributed by atoms with E-state index in [0.29, 0.717) is 0 Å². The van der Waals surface area contributed by atoms with Crippen LogP contribution in [0.4, 0.5) is 5.69 Å². The van der Waals surface area contributed by atoms with Crippen molar-refractivity contribution in [3.8, 4) is 5.75 Å². The van der Waals surface area contributed by atoms with Gasteiger partial charge >= 0.3 is 5.69 Å². The monoisotopic (exact) mass is 400 g/mol. The summed E-state index contributed by atoms with van der Waals surface area (Å²) in [6.07, 6.45) is 3.98. The Morgan fingerprint density at radius 3 is 2.97 bits per heavy atom. The van der Waals surface area contributed by atoms with Crippen LogP contribution in [-0.2, 0) is 16.1 Å². The summed E-state index contributed by atoms with van der Waals surface area (Å²) in [5.41, 5.74) is 5.24. The number of hydrogen-bond donors (Lipinski definition) is 1. The molecule has 154 valence electrons. The van der Waals surface area contributed by atoms with Gasteiger partial charge in [0.25, 0.3) is 5.91 Å². The smallest absolute Gasteiger partial charge is 0.310 e. The van der Waals surface area contributed by atoms with Gasteiger partial charge in [0.2, 0.25) is 0 Å². The van der Waals surface area contributed by atoms with Gasteiger partial charge in [0.15, 0.2) is 12.4 Å². The SMILES string of the molecule is Cc1cc(/C=N\NC(=O)COc2ccccc2[N+](=O)[O-])c(C)n1C[C@@H]1CCCO1. The van der Waals surface area contributed by atoms with Gasteiger partial charge < -0.3 is 14.0 Å². The minimum Gasteiger partial charge on any atom is -0.477 e. The topological polar surface area (TPSA) is 108 Å². The molecule has 1 atom stereocenters. The predicted molar refractivity (Wildman–Crippen MR) is 107 cm³/mol. The molecule has 29 heavy (non-hydrogen) atoms. The van der Waals surface area contributed by atoms with Crippen LogP contribution in [0.5, 0.6) is 5.75 Å². The maximum Gasteiger partial charge on any atom is 0.310 e. The summed E-state index contributed by atoms with van der Waals surface area (Å²) in [5.74, 6) is -0.470. The van der Waals surface area contributed by atoms with E-state index in [1.807, 2.05) is 19.9 Å². The van der Waals surface area contributed by atoms with Gasteiger partial charge in [-0.2, -0.15) is 5.10 Å². The average molecular weight is 400 g/mol. The highest BCUT2D eigenvalue weighted by Crippen LogP contribution is 2.25. The van der Waals surface area contributed by atoms with Gasteiger partial charge in [0.1, 0.15) is 0 Å². The minimum absolute atomic E-state index is 0.0364. The second-order valence-electron chi connectivity index (χ2n) is 6.88. The molecule has 0 saturated carbocycles. The zero-order valence-electron chi connectivity index (χ0n) is 16.5. The van der Waals surface area contributed by atoms with Crippen LogP contribution in [0.15, 0.2) is 35.4 Å². The van der Waals surface area contributed by atoms with Gasteiger partial charge in [0, 0.05) is 36.2 Å². The molecule has 1 aliphatic rings. The van der Waals surface area contributed by atoms with Gasteiger partial charge in [-0.25, -0.2) is 5.43 Å². The van der Waals surface area contributed by atoms with E-state index in [4.69, 9.17) is 9.47 Å². The molecule has 3 rings (SSSR count). The van der Waals surface area contributed by atoms with Gasteiger partial charge in [-0.1, -0.05) is 12.1 Å². The van der Waals surface area contributed by atoms with Crippen LogP contribution in [-0.4, -0.2) is 40.9 Å². The van der Waals surface area contributed by atoms with E-state index in [1.165, 1.54) is 18.2 Å². The number of benzene rings is 1. The average Bonchev–Trinajstić information content (AvgIpc) is 3.31. The lowest BCUT2D eigenvalue weighted by Gasteiger charge is -2.14. The fourth-order valence-corrected chi connectivity index (χ4v) is 3.31. The lowest BCUT2D eigenvalue weighted by Crippen LogP contribution is -2.24. The highest BCUT2D eigenvalue weighted by molar-refractivity contribution is 5.84. The second kappa shape index (κ2) is 9.33. The predicted octanol–water partition coefficient (Wildman–Crippen LogP) is 2.72. The van der Waals surface area contributed by atoms with Crippen molar-refractivity contribution in [1.29, 1.82) is 0 Å². The zero-order valence-corrected chi connectivity index (χ0v) is 16.5. The van der Waals surface area contributed by atoms with Crippen molar-refractivity contribution in [1.82, 2.24) is 9.99 Å². The summed E-state index contributed by atoms with van der Waals surface area (Å²) in [4.78, 5) is 22.3. The van der Waals surface area contributed by atoms with Crippen molar-refractivity contribution < 1.29 is 19.2 Å². The Balaban J connectivity index is 1.54. The largest absolute Gasteiger partial charge is 0.477 e. The molecule has 9 nitrogen and oxygen atoms in total. The van der Waals surface area contributed by atoms with Crippen molar-refractivity contribution in [3.05, 3.63) is 57.4 Å². The van der Waals surface area contributed by atoms with Crippen LogP contribution in [0.25, 0.3) is 0 Å². The number of carbonyl (C=O) groups is 1. The van der Waals surface area contributed by atoms with E-state index < -0.39 is 10.8 Å². The second-order valence-corrected chi connectivity index (χ2v) is 6.88. The maximum absolute atomic E-state index is 11.9. The lowest BCUT2D eigenvalue weighted by molar-refractivity contribution is -0.385. The lowest BCUT2D eigenvalue weighted by atomic mass is 10.2. The molecule has 0 spiro atoms. The number of aromatic nitrogens is 1. The molecule has 1 N–H and O–H groups in total. The Morgan fingerprint density at radius 1 is 1.45 bits per heavy atom. The number of aryl methyl sites for hydroxylation is 1. The summed E-state index contributed by atoms with van der Waals surface area (Å²) in [6, 6.07) is 7.90. The van der Waals surface area contributed by atoms with Gasteiger partial charge in [-0.05, 0) is 38.8 Å². The summed E-state index contributed by atoms with van der Waals surface area (Å²) in [7, 11) is 0. The number of nitro benzene ring substituents is 1. The number of nitrogens with one attached hydrogen (secondary N) is 1. The molecule has 0 aliphatic carbocycles. The van der Waals surface area contributed by atoms with Gasteiger partial charge in [-0.3, -0.25) is 14.9 Å². The van der Waals surface area contributed by atoms with E-state index in [2.05, 4.69) is 15.1 Å². The standard InChI is InChI=1S/C20H24N4O5/c1-14-10-16(15(2)23(14)12-17-6-5-9-28-17)11-21-22-20(25)13-29-19-8-4-3-7-18(19)24(26)27/h3-4,7-8,10-11,17H,5-6,9,12-13H2,1-2H3,(H,22,25)/b21-11-/t17-/m0/s1. The third-order valence-corrected chi connectivity index (χ3v) is 4.84. The Bertz CT molecular complexity index is 916. The Morgan fingerprint density at radius 2 is 2.24 bits per heavy atom. The zero-order chi connectivity index (χ0) is 20.8. The van der Waals surface area contributed by atoms with E-state index >= 15 is 0 Å². The van der Waals surface area contributed by atoms with Crippen molar-refractivity contribution in [2.45, 2.75) is 39.3 Å². The molecule has 0 unspecified atom stereocenters. The molecule has 0 bridgehead atoms.